The molecule has 2 unspecified atom stereocenters. The Hall–Kier alpha value is -1.92. The summed E-state index contributed by atoms with van der Waals surface area (Å²) in [6.07, 6.45) is 0.427. The van der Waals surface area contributed by atoms with Crippen molar-refractivity contribution >= 4 is 23.7 Å². The van der Waals surface area contributed by atoms with E-state index in [0.717, 1.165) is 0 Å². The molecule has 0 aromatic carbocycles. The van der Waals surface area contributed by atoms with E-state index in [9.17, 15) is 19.2 Å². The molecular weight excluding hydrogens is 328 g/mol. The van der Waals surface area contributed by atoms with Crippen molar-refractivity contribution in [2.45, 2.75) is 59.8 Å². The summed E-state index contributed by atoms with van der Waals surface area (Å²) in [5, 5.41) is 0. The normalized spacial score (nSPS) is 25.5. The van der Waals surface area contributed by atoms with Gasteiger partial charge in [-0.3, -0.25) is 19.2 Å². The molecule has 0 heterocycles. The first-order chi connectivity index (χ1) is 11.8. The fourth-order valence-corrected chi connectivity index (χ4v) is 3.55. The summed E-state index contributed by atoms with van der Waals surface area (Å²) in [5.41, 5.74) is -2.77. The van der Waals surface area contributed by atoms with Crippen molar-refractivity contribution in [3.63, 3.8) is 0 Å². The van der Waals surface area contributed by atoms with Crippen molar-refractivity contribution in [1.29, 1.82) is 0 Å². The predicted octanol–water partition coefficient (Wildman–Crippen LogP) is 2.20. The van der Waals surface area contributed by atoms with E-state index < -0.39 is 40.9 Å². The quantitative estimate of drug-likeness (QED) is 0.355. The van der Waals surface area contributed by atoms with Crippen LogP contribution in [-0.4, -0.2) is 43.5 Å². The third-order valence-corrected chi connectivity index (χ3v) is 4.53. The highest BCUT2D eigenvalue weighted by Gasteiger charge is 2.63. The molecule has 1 aliphatic carbocycles. The van der Waals surface area contributed by atoms with E-state index in [1.165, 1.54) is 0 Å². The molecule has 0 saturated heterocycles. The molecule has 2 atom stereocenters. The van der Waals surface area contributed by atoms with Gasteiger partial charge in [0.2, 0.25) is 0 Å². The number of carbonyl (C=O) groups is 4. The van der Waals surface area contributed by atoms with Crippen molar-refractivity contribution in [3.05, 3.63) is 0 Å². The van der Waals surface area contributed by atoms with Crippen molar-refractivity contribution in [1.82, 2.24) is 0 Å². The van der Waals surface area contributed by atoms with Gasteiger partial charge >= 0.3 is 17.9 Å². The SMILES string of the molecule is CCCC1(C(=O)OCC)CC(=O)C(CC(=O)OCC)(C(=O)OCC)C1. The molecule has 0 bridgehead atoms. The molecule has 0 aromatic rings. The summed E-state index contributed by atoms with van der Waals surface area (Å²) in [7, 11) is 0. The Balaban J connectivity index is 3.27. The Labute approximate surface area is 148 Å². The van der Waals surface area contributed by atoms with Gasteiger partial charge in [-0.25, -0.2) is 0 Å². The summed E-state index contributed by atoms with van der Waals surface area (Å²) in [4.78, 5) is 50.0. The van der Waals surface area contributed by atoms with Crippen LogP contribution in [-0.2, 0) is 33.4 Å². The van der Waals surface area contributed by atoms with E-state index in [-0.39, 0.29) is 32.7 Å². The minimum atomic E-state index is -1.68. The maximum Gasteiger partial charge on any atom is 0.320 e. The lowest BCUT2D eigenvalue weighted by Gasteiger charge is -2.29. The maximum absolute atomic E-state index is 12.8. The van der Waals surface area contributed by atoms with E-state index in [1.807, 2.05) is 6.92 Å². The fourth-order valence-electron chi connectivity index (χ4n) is 3.55. The third-order valence-electron chi connectivity index (χ3n) is 4.53. The van der Waals surface area contributed by atoms with Gasteiger partial charge in [0.15, 0.2) is 5.78 Å². The molecule has 1 fully saturated rings. The summed E-state index contributed by atoms with van der Waals surface area (Å²) >= 11 is 0. The highest BCUT2D eigenvalue weighted by atomic mass is 16.5. The van der Waals surface area contributed by atoms with Crippen LogP contribution in [0.4, 0.5) is 0 Å². The lowest BCUT2D eigenvalue weighted by molar-refractivity contribution is -0.166. The zero-order valence-electron chi connectivity index (χ0n) is 15.5. The zero-order chi connectivity index (χ0) is 19.1. The summed E-state index contributed by atoms with van der Waals surface area (Å²) in [5.74, 6) is -2.38. The maximum atomic E-state index is 12.8. The van der Waals surface area contributed by atoms with Crippen molar-refractivity contribution in [3.8, 4) is 0 Å². The average molecular weight is 356 g/mol. The molecule has 1 saturated carbocycles. The van der Waals surface area contributed by atoms with Crippen molar-refractivity contribution in [2.75, 3.05) is 19.8 Å². The van der Waals surface area contributed by atoms with Gasteiger partial charge in [-0.1, -0.05) is 13.3 Å². The summed E-state index contributed by atoms with van der Waals surface area (Å²) in [6.45, 7) is 7.25. The first-order valence-electron chi connectivity index (χ1n) is 8.85. The van der Waals surface area contributed by atoms with E-state index in [4.69, 9.17) is 14.2 Å². The molecule has 0 N–H and O–H groups in total. The molecule has 0 aromatic heterocycles. The number of rotatable bonds is 9. The third kappa shape index (κ3) is 4.38. The van der Waals surface area contributed by atoms with Gasteiger partial charge in [0, 0.05) is 6.42 Å². The molecule has 7 heteroatoms. The van der Waals surface area contributed by atoms with Gasteiger partial charge in [-0.15, -0.1) is 0 Å². The van der Waals surface area contributed by atoms with E-state index in [0.29, 0.717) is 12.8 Å². The number of esters is 3. The second kappa shape index (κ2) is 8.97. The van der Waals surface area contributed by atoms with Crippen LogP contribution in [0.3, 0.4) is 0 Å². The number of ketones is 1. The second-order valence-electron chi connectivity index (χ2n) is 6.31. The number of ether oxygens (including phenoxy) is 3. The zero-order valence-corrected chi connectivity index (χ0v) is 15.5. The Morgan fingerprint density at radius 1 is 0.920 bits per heavy atom. The number of carbonyl (C=O) groups excluding carboxylic acids is 4. The lowest BCUT2D eigenvalue weighted by Crippen LogP contribution is -2.41. The molecule has 7 nitrogen and oxygen atoms in total. The number of Topliss-reactive ketones (excluding diaryl/α,β-unsaturated/α-hetero) is 1. The first-order valence-corrected chi connectivity index (χ1v) is 8.85. The van der Waals surface area contributed by atoms with Crippen LogP contribution in [0.5, 0.6) is 0 Å². The molecule has 0 spiro atoms. The van der Waals surface area contributed by atoms with E-state index in [2.05, 4.69) is 0 Å². The van der Waals surface area contributed by atoms with Gasteiger partial charge in [-0.2, -0.15) is 0 Å². The van der Waals surface area contributed by atoms with Crippen LogP contribution in [0.1, 0.15) is 59.8 Å². The minimum absolute atomic E-state index is 0.0802. The monoisotopic (exact) mass is 356 g/mol. The van der Waals surface area contributed by atoms with Crippen molar-refractivity contribution < 1.29 is 33.4 Å². The second-order valence-corrected chi connectivity index (χ2v) is 6.31. The fraction of sp³-hybridized carbons (Fsp3) is 0.778. The topological polar surface area (TPSA) is 96.0 Å². The average Bonchev–Trinajstić information content (AvgIpc) is 2.82. The van der Waals surface area contributed by atoms with Gasteiger partial charge in [0.1, 0.15) is 5.41 Å². The molecule has 0 aliphatic heterocycles. The van der Waals surface area contributed by atoms with Gasteiger partial charge in [-0.05, 0) is 33.6 Å². The molecule has 1 rings (SSSR count). The van der Waals surface area contributed by atoms with Crippen LogP contribution >= 0.6 is 0 Å². The Morgan fingerprint density at radius 2 is 1.48 bits per heavy atom. The Kier molecular flexibility index (Phi) is 7.58. The Morgan fingerprint density at radius 3 is 2.00 bits per heavy atom. The van der Waals surface area contributed by atoms with Gasteiger partial charge < -0.3 is 14.2 Å². The van der Waals surface area contributed by atoms with Gasteiger partial charge in [0.25, 0.3) is 0 Å². The van der Waals surface area contributed by atoms with Gasteiger partial charge in [0.05, 0.1) is 31.7 Å². The molecular formula is C18H28O7. The van der Waals surface area contributed by atoms with Crippen LogP contribution < -0.4 is 0 Å². The smallest absolute Gasteiger partial charge is 0.320 e. The van der Waals surface area contributed by atoms with Crippen LogP contribution in [0.2, 0.25) is 0 Å². The van der Waals surface area contributed by atoms with E-state index in [1.54, 1.807) is 20.8 Å². The molecule has 25 heavy (non-hydrogen) atoms. The first kappa shape index (κ1) is 21.1. The number of hydrogen-bond acceptors (Lipinski definition) is 7. The minimum Gasteiger partial charge on any atom is -0.466 e. The van der Waals surface area contributed by atoms with Crippen molar-refractivity contribution in [2.24, 2.45) is 10.8 Å². The lowest BCUT2D eigenvalue weighted by atomic mass is 9.75. The largest absolute Gasteiger partial charge is 0.466 e. The highest BCUT2D eigenvalue weighted by Crippen LogP contribution is 2.53. The molecule has 1 aliphatic rings. The van der Waals surface area contributed by atoms with Crippen LogP contribution in [0.15, 0.2) is 0 Å². The predicted molar refractivity (Wildman–Crippen MR) is 88.5 cm³/mol. The molecule has 0 radical (unpaired) electrons. The van der Waals surface area contributed by atoms with E-state index >= 15 is 0 Å². The Bertz CT molecular complexity index is 528. The standard InChI is InChI=1S/C18H28O7/c1-5-9-17(15(21)24-7-3)10-13(19)18(12-17,16(22)25-8-4)11-14(20)23-6-2/h5-12H2,1-4H3. The highest BCUT2D eigenvalue weighted by molar-refractivity contribution is 6.10. The van der Waals surface area contributed by atoms with Crippen LogP contribution in [0.25, 0.3) is 0 Å². The summed E-state index contributed by atoms with van der Waals surface area (Å²) in [6, 6.07) is 0. The molecule has 0 amide bonds. The summed E-state index contributed by atoms with van der Waals surface area (Å²) < 4.78 is 15.2. The number of hydrogen-bond donors (Lipinski definition) is 0. The van der Waals surface area contributed by atoms with Crippen LogP contribution in [0, 0.1) is 10.8 Å². The molecule has 142 valence electrons.